The van der Waals surface area contributed by atoms with Crippen molar-refractivity contribution in [2.24, 2.45) is 5.73 Å². The van der Waals surface area contributed by atoms with Crippen LogP contribution in [0.2, 0.25) is 0 Å². The Morgan fingerprint density at radius 3 is 2.85 bits per heavy atom. The van der Waals surface area contributed by atoms with Crippen molar-refractivity contribution in [3.8, 4) is 0 Å². The molecule has 2 unspecified atom stereocenters. The highest BCUT2D eigenvalue weighted by Crippen LogP contribution is 2.30. The summed E-state index contributed by atoms with van der Waals surface area (Å²) in [5.41, 5.74) is 7.55. The van der Waals surface area contributed by atoms with Gasteiger partial charge >= 0.3 is 0 Å². The van der Waals surface area contributed by atoms with Crippen molar-refractivity contribution < 1.29 is 4.74 Å². The number of likely N-dealkylation sites (N-methyl/N-ethyl adjacent to an activating group) is 1. The van der Waals surface area contributed by atoms with E-state index in [1.54, 1.807) is 0 Å². The molecule has 0 aromatic carbocycles. The molecule has 112 valence electrons. The summed E-state index contributed by atoms with van der Waals surface area (Å²) in [7, 11) is 2.20. The van der Waals surface area contributed by atoms with E-state index in [2.05, 4.69) is 36.0 Å². The van der Waals surface area contributed by atoms with Gasteiger partial charge in [-0.25, -0.2) is 0 Å². The molecule has 1 aromatic rings. The van der Waals surface area contributed by atoms with Crippen molar-refractivity contribution in [3.05, 3.63) is 30.1 Å². The highest BCUT2D eigenvalue weighted by Gasteiger charge is 2.38. The van der Waals surface area contributed by atoms with Gasteiger partial charge in [-0.15, -0.1) is 0 Å². The lowest BCUT2D eigenvalue weighted by molar-refractivity contribution is -0.0645. The van der Waals surface area contributed by atoms with Gasteiger partial charge in [0.25, 0.3) is 0 Å². The molecule has 0 radical (unpaired) electrons. The monoisotopic (exact) mass is 277 g/mol. The van der Waals surface area contributed by atoms with Crippen LogP contribution in [0, 0.1) is 0 Å². The molecule has 2 rings (SSSR count). The number of hydrogen-bond donors (Lipinski definition) is 1. The Morgan fingerprint density at radius 1 is 1.45 bits per heavy atom. The Labute approximate surface area is 122 Å². The van der Waals surface area contributed by atoms with Crippen molar-refractivity contribution in [1.29, 1.82) is 0 Å². The average Bonchev–Trinajstić information content (AvgIpc) is 2.53. The molecule has 0 amide bonds. The molecule has 0 bridgehead atoms. The largest absolute Gasteiger partial charge is 0.378 e. The molecule has 1 fully saturated rings. The van der Waals surface area contributed by atoms with Crippen LogP contribution in [0.15, 0.2) is 24.5 Å². The Bertz CT molecular complexity index is 398. The quantitative estimate of drug-likeness (QED) is 0.862. The van der Waals surface area contributed by atoms with Crippen molar-refractivity contribution in [3.63, 3.8) is 0 Å². The minimum Gasteiger partial charge on any atom is -0.378 e. The summed E-state index contributed by atoms with van der Waals surface area (Å²) in [6.45, 7) is 4.75. The number of rotatable bonds is 6. The zero-order chi connectivity index (χ0) is 14.4. The Hall–Kier alpha value is -0.970. The molecule has 2 heterocycles. The summed E-state index contributed by atoms with van der Waals surface area (Å²) < 4.78 is 5.81. The van der Waals surface area contributed by atoms with Crippen molar-refractivity contribution >= 4 is 0 Å². The SMILES string of the molecule is CCC1CC(CN)(N(C)CCc2ccncc2)CCO1. The molecule has 2 N–H and O–H groups in total. The first-order chi connectivity index (χ1) is 9.70. The standard InChI is InChI=1S/C16H27N3O/c1-3-15-12-16(13-17,7-11-20-15)19(2)10-6-14-4-8-18-9-5-14/h4-5,8-9,15H,3,6-7,10-13,17H2,1-2H3. The van der Waals surface area contributed by atoms with Crippen LogP contribution in [0.1, 0.15) is 31.7 Å². The van der Waals surface area contributed by atoms with E-state index >= 15 is 0 Å². The van der Waals surface area contributed by atoms with Crippen molar-refractivity contribution in [2.45, 2.75) is 44.2 Å². The van der Waals surface area contributed by atoms with Crippen LogP contribution in [-0.2, 0) is 11.2 Å². The maximum absolute atomic E-state index is 6.12. The molecule has 4 heteroatoms. The summed E-state index contributed by atoms with van der Waals surface area (Å²) in [6.07, 6.45) is 8.26. The molecule has 20 heavy (non-hydrogen) atoms. The summed E-state index contributed by atoms with van der Waals surface area (Å²) in [5, 5.41) is 0. The number of ether oxygens (including phenoxy) is 1. The van der Waals surface area contributed by atoms with Crippen LogP contribution in [0.5, 0.6) is 0 Å². The second-order valence-electron chi connectivity index (χ2n) is 5.81. The van der Waals surface area contributed by atoms with Crippen LogP contribution in [0.25, 0.3) is 0 Å². The van der Waals surface area contributed by atoms with Gasteiger partial charge in [0.1, 0.15) is 0 Å². The number of pyridine rings is 1. The summed E-state index contributed by atoms with van der Waals surface area (Å²) in [4.78, 5) is 6.51. The number of aromatic nitrogens is 1. The molecule has 1 saturated heterocycles. The van der Waals surface area contributed by atoms with Crippen LogP contribution < -0.4 is 5.73 Å². The molecule has 0 spiro atoms. The first-order valence-corrected chi connectivity index (χ1v) is 7.62. The third-order valence-electron chi connectivity index (χ3n) is 4.66. The maximum atomic E-state index is 6.12. The van der Waals surface area contributed by atoms with Gasteiger partial charge in [-0.05, 0) is 50.4 Å². The fourth-order valence-corrected chi connectivity index (χ4v) is 3.03. The fraction of sp³-hybridized carbons (Fsp3) is 0.688. The van der Waals surface area contributed by atoms with Gasteiger partial charge in [-0.3, -0.25) is 9.88 Å². The Balaban J connectivity index is 1.96. The number of nitrogens with two attached hydrogens (primary N) is 1. The average molecular weight is 277 g/mol. The van der Waals surface area contributed by atoms with E-state index in [0.29, 0.717) is 12.6 Å². The highest BCUT2D eigenvalue weighted by atomic mass is 16.5. The molecular formula is C16H27N3O. The van der Waals surface area contributed by atoms with Crippen LogP contribution in [0.4, 0.5) is 0 Å². The summed E-state index contributed by atoms with van der Waals surface area (Å²) in [6, 6.07) is 4.17. The Morgan fingerprint density at radius 2 is 2.20 bits per heavy atom. The van der Waals surface area contributed by atoms with Crippen LogP contribution in [0.3, 0.4) is 0 Å². The molecule has 1 aliphatic rings. The Kier molecular flexibility index (Phi) is 5.52. The van der Waals surface area contributed by atoms with Gasteiger partial charge in [0.05, 0.1) is 6.10 Å². The molecule has 1 aromatic heterocycles. The van der Waals surface area contributed by atoms with Gasteiger partial charge in [-0.1, -0.05) is 6.92 Å². The van der Waals surface area contributed by atoms with Gasteiger partial charge in [0.15, 0.2) is 0 Å². The van der Waals surface area contributed by atoms with E-state index in [1.807, 2.05) is 12.4 Å². The van der Waals surface area contributed by atoms with Crippen LogP contribution >= 0.6 is 0 Å². The predicted octanol–water partition coefficient (Wildman–Crippen LogP) is 1.84. The molecule has 4 nitrogen and oxygen atoms in total. The van der Waals surface area contributed by atoms with E-state index in [4.69, 9.17) is 10.5 Å². The fourth-order valence-electron chi connectivity index (χ4n) is 3.03. The summed E-state index contributed by atoms with van der Waals surface area (Å²) in [5.74, 6) is 0. The third kappa shape index (κ3) is 3.57. The normalized spacial score (nSPS) is 26.9. The second kappa shape index (κ2) is 7.16. The highest BCUT2D eigenvalue weighted by molar-refractivity contribution is 5.10. The van der Waals surface area contributed by atoms with E-state index < -0.39 is 0 Å². The van der Waals surface area contributed by atoms with Gasteiger partial charge in [0.2, 0.25) is 0 Å². The molecular weight excluding hydrogens is 250 g/mol. The zero-order valence-electron chi connectivity index (χ0n) is 12.7. The lowest BCUT2D eigenvalue weighted by Gasteiger charge is -2.46. The van der Waals surface area contributed by atoms with Gasteiger partial charge in [-0.2, -0.15) is 0 Å². The van der Waals surface area contributed by atoms with E-state index in [0.717, 1.165) is 38.8 Å². The second-order valence-corrected chi connectivity index (χ2v) is 5.81. The minimum atomic E-state index is 0.103. The van der Waals surface area contributed by atoms with Gasteiger partial charge in [0, 0.05) is 37.6 Å². The minimum absolute atomic E-state index is 0.103. The lowest BCUT2D eigenvalue weighted by atomic mass is 9.84. The summed E-state index contributed by atoms with van der Waals surface area (Å²) >= 11 is 0. The number of nitrogens with zero attached hydrogens (tertiary/aromatic N) is 2. The van der Waals surface area contributed by atoms with Crippen molar-refractivity contribution in [1.82, 2.24) is 9.88 Å². The van der Waals surface area contributed by atoms with E-state index in [-0.39, 0.29) is 5.54 Å². The molecule has 1 aliphatic heterocycles. The third-order valence-corrected chi connectivity index (χ3v) is 4.66. The van der Waals surface area contributed by atoms with Crippen LogP contribution in [-0.4, -0.2) is 48.3 Å². The smallest absolute Gasteiger partial charge is 0.0590 e. The molecule has 0 aliphatic carbocycles. The molecule has 0 saturated carbocycles. The van der Waals surface area contributed by atoms with E-state index in [1.165, 1.54) is 5.56 Å². The predicted molar refractivity (Wildman–Crippen MR) is 81.6 cm³/mol. The molecule has 2 atom stereocenters. The van der Waals surface area contributed by atoms with Gasteiger partial charge < -0.3 is 10.5 Å². The maximum Gasteiger partial charge on any atom is 0.0590 e. The first kappa shape index (κ1) is 15.4. The lowest BCUT2D eigenvalue weighted by Crippen LogP contribution is -2.57. The van der Waals surface area contributed by atoms with E-state index in [9.17, 15) is 0 Å². The number of hydrogen-bond acceptors (Lipinski definition) is 4. The van der Waals surface area contributed by atoms with Crippen molar-refractivity contribution in [2.75, 3.05) is 26.7 Å². The topological polar surface area (TPSA) is 51.4 Å². The zero-order valence-corrected chi connectivity index (χ0v) is 12.7. The first-order valence-electron chi connectivity index (χ1n) is 7.62.